The number of rotatable bonds is 2. The van der Waals surface area contributed by atoms with E-state index in [0.717, 1.165) is 25.5 Å². The molecule has 1 aliphatic rings. The highest BCUT2D eigenvalue weighted by Crippen LogP contribution is 2.36. The summed E-state index contributed by atoms with van der Waals surface area (Å²) < 4.78 is 43.9. The van der Waals surface area contributed by atoms with Gasteiger partial charge in [0.25, 0.3) is 0 Å². The smallest absolute Gasteiger partial charge is 0.419 e. The predicted molar refractivity (Wildman–Crippen MR) is 62.6 cm³/mol. The van der Waals surface area contributed by atoms with Gasteiger partial charge in [0.1, 0.15) is 11.9 Å². The lowest BCUT2D eigenvalue weighted by atomic mass is 10.0. The van der Waals surface area contributed by atoms with Crippen molar-refractivity contribution in [3.8, 4) is 5.75 Å². The van der Waals surface area contributed by atoms with Gasteiger partial charge in [-0.15, -0.1) is 0 Å². The second kappa shape index (κ2) is 5.18. The Bertz CT molecular complexity index is 405. The van der Waals surface area contributed by atoms with E-state index in [1.165, 1.54) is 12.1 Å². The van der Waals surface area contributed by atoms with E-state index in [9.17, 15) is 13.2 Å². The zero-order valence-electron chi connectivity index (χ0n) is 10.1. The Morgan fingerprint density at radius 3 is 2.67 bits per heavy atom. The third-order valence-electron chi connectivity index (χ3n) is 3.06. The molecule has 0 spiro atoms. The van der Waals surface area contributed by atoms with Crippen LogP contribution in [0.1, 0.15) is 25.3 Å². The molecule has 0 saturated carbocycles. The van der Waals surface area contributed by atoms with E-state index in [2.05, 4.69) is 5.32 Å². The number of piperidine rings is 1. The van der Waals surface area contributed by atoms with Gasteiger partial charge >= 0.3 is 6.18 Å². The number of benzene rings is 1. The highest BCUT2D eigenvalue weighted by Gasteiger charge is 2.34. The molecule has 1 N–H and O–H groups in total. The van der Waals surface area contributed by atoms with Crippen LogP contribution >= 0.6 is 0 Å². The van der Waals surface area contributed by atoms with Crippen molar-refractivity contribution in [2.24, 2.45) is 0 Å². The minimum atomic E-state index is -4.37. The fourth-order valence-corrected chi connectivity index (χ4v) is 2.18. The fourth-order valence-electron chi connectivity index (χ4n) is 2.18. The summed E-state index contributed by atoms with van der Waals surface area (Å²) >= 11 is 0. The molecule has 2 rings (SSSR count). The first kappa shape index (κ1) is 13.2. The van der Waals surface area contributed by atoms with E-state index in [0.29, 0.717) is 0 Å². The number of nitrogens with one attached hydrogen (secondary N) is 1. The Kier molecular flexibility index (Phi) is 3.80. The number of ether oxygens (including phenoxy) is 1. The molecule has 18 heavy (non-hydrogen) atoms. The molecule has 2 atom stereocenters. The third kappa shape index (κ3) is 3.16. The predicted octanol–water partition coefficient (Wildman–Crippen LogP) is 3.22. The van der Waals surface area contributed by atoms with Gasteiger partial charge in [-0.3, -0.25) is 0 Å². The van der Waals surface area contributed by atoms with Crippen molar-refractivity contribution in [1.29, 1.82) is 0 Å². The summed E-state index contributed by atoms with van der Waals surface area (Å²) in [4.78, 5) is 0. The van der Waals surface area contributed by atoms with Crippen molar-refractivity contribution in [2.75, 3.05) is 6.54 Å². The van der Waals surface area contributed by atoms with Gasteiger partial charge < -0.3 is 10.1 Å². The Morgan fingerprint density at radius 2 is 2.00 bits per heavy atom. The molecule has 2 unspecified atom stereocenters. The van der Waals surface area contributed by atoms with Crippen LogP contribution in [0, 0.1) is 0 Å². The first-order valence-electron chi connectivity index (χ1n) is 6.03. The second-order valence-corrected chi connectivity index (χ2v) is 4.61. The average Bonchev–Trinajstić information content (AvgIpc) is 2.28. The molecule has 0 aliphatic carbocycles. The van der Waals surface area contributed by atoms with Crippen LogP contribution in [-0.2, 0) is 6.18 Å². The fraction of sp³-hybridized carbons (Fsp3) is 0.538. The van der Waals surface area contributed by atoms with Crippen LogP contribution < -0.4 is 10.1 Å². The maximum atomic E-state index is 12.8. The molecule has 0 radical (unpaired) electrons. The molecule has 0 aromatic heterocycles. The Labute approximate surface area is 104 Å². The molecule has 0 bridgehead atoms. The van der Waals surface area contributed by atoms with Crippen LogP contribution in [0.4, 0.5) is 13.2 Å². The molecule has 1 heterocycles. The van der Waals surface area contributed by atoms with E-state index >= 15 is 0 Å². The van der Waals surface area contributed by atoms with Gasteiger partial charge in [-0.05, 0) is 38.4 Å². The van der Waals surface area contributed by atoms with Gasteiger partial charge in [0.15, 0.2) is 0 Å². The van der Waals surface area contributed by atoms with Crippen molar-refractivity contribution < 1.29 is 17.9 Å². The summed E-state index contributed by atoms with van der Waals surface area (Å²) in [5, 5.41) is 3.24. The van der Waals surface area contributed by atoms with Gasteiger partial charge in [0.2, 0.25) is 0 Å². The molecule has 1 saturated heterocycles. The van der Waals surface area contributed by atoms with Gasteiger partial charge in [-0.2, -0.15) is 13.2 Å². The van der Waals surface area contributed by atoms with Crippen molar-refractivity contribution >= 4 is 0 Å². The zero-order chi connectivity index (χ0) is 13.2. The molecule has 1 aromatic carbocycles. The van der Waals surface area contributed by atoms with Crippen molar-refractivity contribution in [3.05, 3.63) is 29.8 Å². The normalized spacial score (nSPS) is 24.9. The summed E-state index contributed by atoms with van der Waals surface area (Å²) in [5.41, 5.74) is -0.698. The van der Waals surface area contributed by atoms with Crippen molar-refractivity contribution in [2.45, 2.75) is 38.1 Å². The summed E-state index contributed by atoms with van der Waals surface area (Å²) in [6, 6.07) is 5.66. The van der Waals surface area contributed by atoms with Crippen LogP contribution in [-0.4, -0.2) is 18.7 Å². The lowest BCUT2D eigenvalue weighted by molar-refractivity contribution is -0.139. The molecule has 1 aliphatic heterocycles. The monoisotopic (exact) mass is 259 g/mol. The van der Waals surface area contributed by atoms with Crippen LogP contribution in [0.3, 0.4) is 0 Å². The lowest BCUT2D eigenvalue weighted by Gasteiger charge is -2.29. The Morgan fingerprint density at radius 1 is 1.28 bits per heavy atom. The molecule has 2 nitrogen and oxygen atoms in total. The highest BCUT2D eigenvalue weighted by molar-refractivity contribution is 5.35. The molecular formula is C13H16F3NO. The first-order valence-corrected chi connectivity index (χ1v) is 6.03. The van der Waals surface area contributed by atoms with Crippen LogP contribution in [0.2, 0.25) is 0 Å². The van der Waals surface area contributed by atoms with E-state index in [1.54, 1.807) is 6.07 Å². The standard InChI is InChI=1S/C13H16F3NO/c1-9-8-10(6-7-17-9)18-12-5-3-2-4-11(12)13(14,15)16/h2-5,9-10,17H,6-8H2,1H3. The zero-order valence-corrected chi connectivity index (χ0v) is 10.1. The third-order valence-corrected chi connectivity index (χ3v) is 3.06. The molecular weight excluding hydrogens is 243 g/mol. The van der Waals surface area contributed by atoms with Crippen LogP contribution in [0.25, 0.3) is 0 Å². The molecule has 100 valence electrons. The number of alkyl halides is 3. The van der Waals surface area contributed by atoms with Gasteiger partial charge in [0.05, 0.1) is 5.56 Å². The minimum Gasteiger partial charge on any atom is -0.490 e. The average molecular weight is 259 g/mol. The summed E-state index contributed by atoms with van der Waals surface area (Å²) in [6.45, 7) is 2.78. The van der Waals surface area contributed by atoms with E-state index in [1.807, 2.05) is 6.92 Å². The van der Waals surface area contributed by atoms with Gasteiger partial charge in [-0.1, -0.05) is 12.1 Å². The van der Waals surface area contributed by atoms with Crippen LogP contribution in [0.15, 0.2) is 24.3 Å². The number of halogens is 3. The maximum absolute atomic E-state index is 12.8. The van der Waals surface area contributed by atoms with E-state index < -0.39 is 11.7 Å². The second-order valence-electron chi connectivity index (χ2n) is 4.61. The van der Waals surface area contributed by atoms with E-state index in [4.69, 9.17) is 4.74 Å². The van der Waals surface area contributed by atoms with Crippen LogP contribution in [0.5, 0.6) is 5.75 Å². The first-order chi connectivity index (χ1) is 8.47. The number of hydrogen-bond acceptors (Lipinski definition) is 2. The van der Waals surface area contributed by atoms with Gasteiger partial charge in [-0.25, -0.2) is 0 Å². The molecule has 5 heteroatoms. The topological polar surface area (TPSA) is 21.3 Å². The summed E-state index contributed by atoms with van der Waals surface area (Å²) in [6.07, 6.45) is -3.05. The lowest BCUT2D eigenvalue weighted by Crippen LogP contribution is -2.40. The summed E-state index contributed by atoms with van der Waals surface area (Å²) in [7, 11) is 0. The van der Waals surface area contributed by atoms with E-state index in [-0.39, 0.29) is 17.9 Å². The number of hydrogen-bond donors (Lipinski definition) is 1. The largest absolute Gasteiger partial charge is 0.490 e. The van der Waals surface area contributed by atoms with Crippen molar-refractivity contribution in [1.82, 2.24) is 5.32 Å². The van der Waals surface area contributed by atoms with Gasteiger partial charge in [0, 0.05) is 6.04 Å². The maximum Gasteiger partial charge on any atom is 0.419 e. The quantitative estimate of drug-likeness (QED) is 0.880. The number of para-hydroxylation sites is 1. The summed E-state index contributed by atoms with van der Waals surface area (Å²) in [5.74, 6) is -0.0656. The Hall–Kier alpha value is -1.23. The van der Waals surface area contributed by atoms with Crippen molar-refractivity contribution in [3.63, 3.8) is 0 Å². The SMILES string of the molecule is CC1CC(Oc2ccccc2C(F)(F)F)CCN1. The molecule has 0 amide bonds. The molecule has 1 aromatic rings. The minimum absolute atomic E-state index is 0.0656. The highest BCUT2D eigenvalue weighted by atomic mass is 19.4. The Balaban J connectivity index is 2.13. The molecule has 1 fully saturated rings.